The van der Waals surface area contributed by atoms with Crippen molar-refractivity contribution in [3.8, 4) is 0 Å². The monoisotopic (exact) mass is 233 g/mol. The van der Waals surface area contributed by atoms with Crippen molar-refractivity contribution < 1.29 is 4.21 Å². The average molecular weight is 233 g/mol. The molecule has 0 spiro atoms. The van der Waals surface area contributed by atoms with Crippen LogP contribution >= 0.6 is 10.8 Å². The molecule has 2 aliphatic rings. The van der Waals surface area contributed by atoms with Crippen molar-refractivity contribution >= 4 is 20.6 Å². The molecule has 0 N–H and O–H groups in total. The fourth-order valence-corrected chi connectivity index (χ4v) is 5.69. The van der Waals surface area contributed by atoms with Gasteiger partial charge in [-0.25, -0.2) is 4.21 Å². The lowest BCUT2D eigenvalue weighted by atomic mass is 9.94. The van der Waals surface area contributed by atoms with E-state index in [0.717, 1.165) is 17.5 Å². The van der Waals surface area contributed by atoms with Crippen LogP contribution in [0.25, 0.3) is 0 Å². The van der Waals surface area contributed by atoms with Crippen LogP contribution in [0.3, 0.4) is 0 Å². The van der Waals surface area contributed by atoms with E-state index in [2.05, 4.69) is 11.9 Å². The van der Waals surface area contributed by atoms with Crippen LogP contribution < -0.4 is 0 Å². The van der Waals surface area contributed by atoms with E-state index >= 15 is 0 Å². The summed E-state index contributed by atoms with van der Waals surface area (Å²) in [6.07, 6.45) is 6.89. The van der Waals surface area contributed by atoms with Gasteiger partial charge in [-0.2, -0.15) is 0 Å². The van der Waals surface area contributed by atoms with E-state index in [9.17, 15) is 4.21 Å². The molecule has 0 bridgehead atoms. The zero-order chi connectivity index (χ0) is 9.97. The lowest BCUT2D eigenvalue weighted by molar-refractivity contribution is 0.160. The Kier molecular flexibility index (Phi) is 3.91. The van der Waals surface area contributed by atoms with Crippen LogP contribution in [0.1, 0.15) is 32.1 Å². The highest BCUT2D eigenvalue weighted by atomic mass is 33.1. The lowest BCUT2D eigenvalue weighted by Crippen LogP contribution is -2.42. The fourth-order valence-electron chi connectivity index (χ4n) is 2.43. The largest absolute Gasteiger partial charge is 0.299 e. The van der Waals surface area contributed by atoms with Gasteiger partial charge in [0.1, 0.15) is 0 Å². The summed E-state index contributed by atoms with van der Waals surface area (Å²) in [4.78, 5) is 2.50. The lowest BCUT2D eigenvalue weighted by Gasteiger charge is -2.34. The first-order valence-corrected chi connectivity index (χ1v) is 8.33. The van der Waals surface area contributed by atoms with Gasteiger partial charge in [-0.3, -0.25) is 4.90 Å². The first kappa shape index (κ1) is 11.0. The van der Waals surface area contributed by atoms with Crippen molar-refractivity contribution in [2.24, 2.45) is 0 Å². The van der Waals surface area contributed by atoms with Crippen molar-refractivity contribution in [1.82, 2.24) is 4.90 Å². The van der Waals surface area contributed by atoms with Gasteiger partial charge in [-0.1, -0.05) is 30.1 Å². The van der Waals surface area contributed by atoms with E-state index in [1.165, 1.54) is 32.1 Å². The zero-order valence-electron chi connectivity index (χ0n) is 8.78. The Morgan fingerprint density at radius 3 is 2.50 bits per heavy atom. The van der Waals surface area contributed by atoms with E-state index in [4.69, 9.17) is 0 Å². The summed E-state index contributed by atoms with van der Waals surface area (Å²) in [6, 6.07) is 1.34. The standard InChI is InChI=1S/C10H19NOS2/c1-11(9-5-3-2-4-6-9)10-7-13-14(12)8-10/h9-10H,2-8H2,1H3. The Balaban J connectivity index is 1.86. The maximum absolute atomic E-state index is 11.3. The Labute approximate surface area is 92.7 Å². The average Bonchev–Trinajstić information content (AvgIpc) is 2.65. The minimum absolute atomic E-state index is 0.573. The van der Waals surface area contributed by atoms with Crippen LogP contribution in [0, 0.1) is 0 Å². The van der Waals surface area contributed by atoms with Crippen molar-refractivity contribution in [2.45, 2.75) is 44.2 Å². The molecular weight excluding hydrogens is 214 g/mol. The third kappa shape index (κ3) is 2.52. The number of hydrogen-bond acceptors (Lipinski definition) is 3. The molecule has 2 atom stereocenters. The van der Waals surface area contributed by atoms with Crippen LogP contribution in [-0.2, 0) is 9.83 Å². The minimum atomic E-state index is -0.603. The molecule has 2 unspecified atom stereocenters. The first-order valence-electron chi connectivity index (χ1n) is 5.51. The second kappa shape index (κ2) is 4.99. The first-order chi connectivity index (χ1) is 6.77. The number of nitrogens with zero attached hydrogens (tertiary/aromatic N) is 1. The van der Waals surface area contributed by atoms with Crippen LogP contribution in [-0.4, -0.2) is 39.7 Å². The molecule has 2 fully saturated rings. The third-order valence-corrected chi connectivity index (χ3v) is 6.49. The molecule has 0 aromatic heterocycles. The highest BCUT2D eigenvalue weighted by Crippen LogP contribution is 2.28. The predicted octanol–water partition coefficient (Wildman–Crippen LogP) is 2.03. The molecule has 0 amide bonds. The van der Waals surface area contributed by atoms with E-state index in [-0.39, 0.29) is 0 Å². The molecule has 0 radical (unpaired) electrons. The fraction of sp³-hybridized carbons (Fsp3) is 1.00. The molecule has 1 saturated carbocycles. The molecule has 4 heteroatoms. The van der Waals surface area contributed by atoms with Gasteiger partial charge in [-0.05, 0) is 19.9 Å². The topological polar surface area (TPSA) is 20.3 Å². The second-order valence-corrected chi connectivity index (χ2v) is 7.70. The van der Waals surface area contributed by atoms with Crippen molar-refractivity contribution in [3.63, 3.8) is 0 Å². The predicted molar refractivity (Wildman–Crippen MR) is 63.9 cm³/mol. The summed E-state index contributed by atoms with van der Waals surface area (Å²) >= 11 is 0. The van der Waals surface area contributed by atoms with E-state index in [0.29, 0.717) is 6.04 Å². The van der Waals surface area contributed by atoms with Gasteiger partial charge >= 0.3 is 0 Å². The van der Waals surface area contributed by atoms with Gasteiger partial charge in [0, 0.05) is 17.8 Å². The van der Waals surface area contributed by atoms with E-state index in [1.54, 1.807) is 10.8 Å². The van der Waals surface area contributed by atoms with Gasteiger partial charge < -0.3 is 0 Å². The summed E-state index contributed by atoms with van der Waals surface area (Å²) < 4.78 is 11.3. The quantitative estimate of drug-likeness (QED) is 0.681. The van der Waals surface area contributed by atoms with Crippen molar-refractivity contribution in [3.05, 3.63) is 0 Å². The molecule has 2 rings (SSSR count). The highest BCUT2D eigenvalue weighted by molar-refractivity contribution is 8.69. The zero-order valence-corrected chi connectivity index (χ0v) is 10.4. The molecule has 0 aromatic carbocycles. The summed E-state index contributed by atoms with van der Waals surface area (Å²) in [7, 11) is 3.25. The Hall–Kier alpha value is 0.460. The Morgan fingerprint density at radius 1 is 1.21 bits per heavy atom. The SMILES string of the molecule is CN(C1CCCCC1)C1CSS(=O)C1. The molecule has 1 aliphatic carbocycles. The number of hydrogen-bond donors (Lipinski definition) is 0. The molecule has 1 saturated heterocycles. The van der Waals surface area contributed by atoms with E-state index in [1.807, 2.05) is 0 Å². The van der Waals surface area contributed by atoms with Crippen LogP contribution in [0.4, 0.5) is 0 Å². The van der Waals surface area contributed by atoms with Gasteiger partial charge in [0.25, 0.3) is 0 Å². The van der Waals surface area contributed by atoms with Gasteiger partial charge in [0.15, 0.2) is 0 Å². The Bertz CT molecular complexity index is 216. The second-order valence-electron chi connectivity index (χ2n) is 4.37. The summed E-state index contributed by atoms with van der Waals surface area (Å²) in [5, 5.41) is 0. The van der Waals surface area contributed by atoms with Gasteiger partial charge in [0.2, 0.25) is 0 Å². The summed E-state index contributed by atoms with van der Waals surface area (Å²) in [6.45, 7) is 0. The molecule has 1 heterocycles. The molecule has 14 heavy (non-hydrogen) atoms. The maximum Gasteiger partial charge on any atom is 0.0820 e. The van der Waals surface area contributed by atoms with Crippen molar-refractivity contribution in [2.75, 3.05) is 18.6 Å². The van der Waals surface area contributed by atoms with Crippen molar-refractivity contribution in [1.29, 1.82) is 0 Å². The number of rotatable bonds is 2. The third-order valence-electron chi connectivity index (χ3n) is 3.45. The molecule has 82 valence electrons. The maximum atomic E-state index is 11.3. The molecular formula is C10H19NOS2. The molecule has 2 nitrogen and oxygen atoms in total. The highest BCUT2D eigenvalue weighted by Gasteiger charge is 2.30. The van der Waals surface area contributed by atoms with Gasteiger partial charge in [-0.15, -0.1) is 0 Å². The van der Waals surface area contributed by atoms with Crippen LogP contribution in [0.5, 0.6) is 0 Å². The normalized spacial score (nSPS) is 35.3. The van der Waals surface area contributed by atoms with E-state index < -0.39 is 9.83 Å². The molecule has 0 aromatic rings. The van der Waals surface area contributed by atoms with Gasteiger partial charge in [0.05, 0.1) is 15.6 Å². The molecule has 1 aliphatic heterocycles. The minimum Gasteiger partial charge on any atom is -0.299 e. The van der Waals surface area contributed by atoms with Crippen LogP contribution in [0.15, 0.2) is 0 Å². The summed E-state index contributed by atoms with van der Waals surface area (Å²) in [5.41, 5.74) is 0. The Morgan fingerprint density at radius 2 is 1.93 bits per heavy atom. The van der Waals surface area contributed by atoms with Crippen LogP contribution in [0.2, 0.25) is 0 Å². The summed E-state index contributed by atoms with van der Waals surface area (Å²) in [5.74, 6) is 1.96. The smallest absolute Gasteiger partial charge is 0.0820 e.